The molecular formula is C11H10ClF3N4O. The number of aryl methyl sites for hydroxylation is 1. The van der Waals surface area contributed by atoms with Gasteiger partial charge in [0.2, 0.25) is 0 Å². The first-order valence-corrected chi connectivity index (χ1v) is 5.96. The molecule has 0 fully saturated rings. The Bertz CT molecular complexity index is 705. The fourth-order valence-electron chi connectivity index (χ4n) is 1.66. The van der Waals surface area contributed by atoms with Gasteiger partial charge in [0, 0.05) is 6.20 Å². The molecule has 2 aromatic rings. The van der Waals surface area contributed by atoms with Crippen LogP contribution in [-0.2, 0) is 12.6 Å². The van der Waals surface area contributed by atoms with Crippen molar-refractivity contribution in [2.75, 3.05) is 5.73 Å². The van der Waals surface area contributed by atoms with Gasteiger partial charge < -0.3 is 5.73 Å². The summed E-state index contributed by atoms with van der Waals surface area (Å²) in [5.41, 5.74) is 4.45. The molecule has 108 valence electrons. The summed E-state index contributed by atoms with van der Waals surface area (Å²) in [7, 11) is 0. The Morgan fingerprint density at radius 1 is 1.50 bits per heavy atom. The van der Waals surface area contributed by atoms with Crippen LogP contribution in [0.1, 0.15) is 18.2 Å². The second-order valence-corrected chi connectivity index (χ2v) is 4.43. The summed E-state index contributed by atoms with van der Waals surface area (Å²) in [6, 6.07) is 0.707. The summed E-state index contributed by atoms with van der Waals surface area (Å²) in [6.07, 6.45) is -3.48. The van der Waals surface area contributed by atoms with Crippen molar-refractivity contribution in [1.29, 1.82) is 0 Å². The minimum absolute atomic E-state index is 0.00901. The zero-order valence-corrected chi connectivity index (χ0v) is 11.0. The lowest BCUT2D eigenvalue weighted by Gasteiger charge is -2.09. The Balaban J connectivity index is 2.58. The molecule has 0 aromatic carbocycles. The van der Waals surface area contributed by atoms with Crippen LogP contribution in [0.5, 0.6) is 0 Å². The van der Waals surface area contributed by atoms with Crippen molar-refractivity contribution in [1.82, 2.24) is 14.8 Å². The zero-order chi connectivity index (χ0) is 15.1. The van der Waals surface area contributed by atoms with E-state index in [0.717, 1.165) is 4.68 Å². The van der Waals surface area contributed by atoms with E-state index >= 15 is 0 Å². The number of anilines is 1. The Morgan fingerprint density at radius 3 is 2.60 bits per heavy atom. The maximum atomic E-state index is 12.5. The number of nitrogens with zero attached hydrogens (tertiary/aromatic N) is 2. The van der Waals surface area contributed by atoms with Gasteiger partial charge in [-0.2, -0.15) is 17.9 Å². The molecule has 5 nitrogen and oxygen atoms in total. The van der Waals surface area contributed by atoms with E-state index in [9.17, 15) is 18.0 Å². The fraction of sp³-hybridized carbons (Fsp3) is 0.273. The number of nitrogens with two attached hydrogens (primary N) is 1. The maximum Gasteiger partial charge on any atom is 0.417 e. The van der Waals surface area contributed by atoms with Gasteiger partial charge in [-0.1, -0.05) is 18.5 Å². The summed E-state index contributed by atoms with van der Waals surface area (Å²) in [5.74, 6) is -0.129. The van der Waals surface area contributed by atoms with Crippen LogP contribution in [0.15, 0.2) is 17.1 Å². The predicted octanol–water partition coefficient (Wildman–Crippen LogP) is 2.38. The first kappa shape index (κ1) is 14.4. The number of aromatic amines is 1. The van der Waals surface area contributed by atoms with Gasteiger partial charge in [0.1, 0.15) is 5.69 Å². The number of halogens is 4. The highest BCUT2D eigenvalue weighted by molar-refractivity contribution is 6.32. The topological polar surface area (TPSA) is 76.7 Å². The van der Waals surface area contributed by atoms with Crippen LogP contribution in [0.3, 0.4) is 0 Å². The molecule has 0 aliphatic rings. The average Bonchev–Trinajstić information content (AvgIpc) is 2.65. The monoisotopic (exact) mass is 306 g/mol. The van der Waals surface area contributed by atoms with Crippen LogP contribution < -0.4 is 11.3 Å². The largest absolute Gasteiger partial charge is 0.417 e. The van der Waals surface area contributed by atoms with Gasteiger partial charge >= 0.3 is 6.18 Å². The van der Waals surface area contributed by atoms with Gasteiger partial charge in [0.05, 0.1) is 16.3 Å². The number of H-pyrrole nitrogens is 1. The molecule has 0 amide bonds. The van der Waals surface area contributed by atoms with Crippen molar-refractivity contribution in [2.24, 2.45) is 0 Å². The summed E-state index contributed by atoms with van der Waals surface area (Å²) < 4.78 is 38.5. The lowest BCUT2D eigenvalue weighted by atomic mass is 10.3. The number of rotatable bonds is 2. The molecule has 9 heteroatoms. The van der Waals surface area contributed by atoms with Gasteiger partial charge in [0.25, 0.3) is 5.56 Å². The highest BCUT2D eigenvalue weighted by Crippen LogP contribution is 2.31. The van der Waals surface area contributed by atoms with E-state index in [1.54, 1.807) is 6.92 Å². The lowest BCUT2D eigenvalue weighted by molar-refractivity contribution is -0.137. The molecule has 3 N–H and O–H groups in total. The van der Waals surface area contributed by atoms with Crippen molar-refractivity contribution >= 4 is 17.3 Å². The Hall–Kier alpha value is -1.96. The van der Waals surface area contributed by atoms with Crippen molar-refractivity contribution in [3.8, 4) is 5.82 Å². The minimum atomic E-state index is -4.55. The van der Waals surface area contributed by atoms with Crippen molar-refractivity contribution in [3.05, 3.63) is 38.9 Å². The first-order chi connectivity index (χ1) is 9.25. The van der Waals surface area contributed by atoms with Crippen LogP contribution in [0.2, 0.25) is 5.02 Å². The number of aromatic nitrogens is 3. The summed E-state index contributed by atoms with van der Waals surface area (Å²) in [6.45, 7) is 1.77. The minimum Gasteiger partial charge on any atom is -0.393 e. The molecule has 2 rings (SSSR count). The highest BCUT2D eigenvalue weighted by atomic mass is 35.5. The highest BCUT2D eigenvalue weighted by Gasteiger charge is 2.32. The van der Waals surface area contributed by atoms with Crippen LogP contribution in [0.4, 0.5) is 18.9 Å². The first-order valence-electron chi connectivity index (χ1n) is 5.58. The SMILES string of the molecule is CCc1[nH]n(-c2ncc(C(F)(F)F)cc2Cl)c(=O)c1N. The third-order valence-corrected chi connectivity index (χ3v) is 3.00. The molecule has 0 atom stereocenters. The molecule has 0 radical (unpaired) electrons. The molecule has 0 unspecified atom stereocenters. The molecular weight excluding hydrogens is 297 g/mol. The van der Waals surface area contributed by atoms with Gasteiger partial charge in [0.15, 0.2) is 5.82 Å². The molecule has 0 bridgehead atoms. The zero-order valence-electron chi connectivity index (χ0n) is 10.3. The smallest absolute Gasteiger partial charge is 0.393 e. The van der Waals surface area contributed by atoms with E-state index in [4.69, 9.17) is 17.3 Å². The van der Waals surface area contributed by atoms with Crippen LogP contribution in [0.25, 0.3) is 5.82 Å². The van der Waals surface area contributed by atoms with E-state index in [1.165, 1.54) is 0 Å². The molecule has 2 aromatic heterocycles. The van der Waals surface area contributed by atoms with E-state index in [2.05, 4.69) is 10.1 Å². The summed E-state index contributed by atoms with van der Waals surface area (Å²) in [5, 5.41) is 2.37. The second-order valence-electron chi connectivity index (χ2n) is 4.03. The molecule has 0 aliphatic carbocycles. The average molecular weight is 307 g/mol. The normalized spacial score (nSPS) is 11.8. The third-order valence-electron chi connectivity index (χ3n) is 2.72. The van der Waals surface area contributed by atoms with Gasteiger partial charge in [-0.3, -0.25) is 9.89 Å². The second kappa shape index (κ2) is 4.86. The lowest BCUT2D eigenvalue weighted by Crippen LogP contribution is -2.18. The molecule has 0 saturated carbocycles. The van der Waals surface area contributed by atoms with E-state index in [0.29, 0.717) is 24.4 Å². The summed E-state index contributed by atoms with van der Waals surface area (Å²) >= 11 is 5.76. The molecule has 0 spiro atoms. The van der Waals surface area contributed by atoms with Crippen LogP contribution in [-0.4, -0.2) is 14.8 Å². The Kier molecular flexibility index (Phi) is 3.51. The molecule has 20 heavy (non-hydrogen) atoms. The maximum absolute atomic E-state index is 12.5. The number of nitrogens with one attached hydrogen (secondary N) is 1. The van der Waals surface area contributed by atoms with Crippen molar-refractivity contribution in [2.45, 2.75) is 19.5 Å². The third kappa shape index (κ3) is 2.38. The number of alkyl halides is 3. The Labute approximate surface area is 116 Å². The van der Waals surface area contributed by atoms with E-state index < -0.39 is 17.3 Å². The molecule has 2 heterocycles. The molecule has 0 aliphatic heterocycles. The van der Waals surface area contributed by atoms with Crippen molar-refractivity contribution in [3.63, 3.8) is 0 Å². The van der Waals surface area contributed by atoms with E-state index in [1.807, 2.05) is 0 Å². The van der Waals surface area contributed by atoms with Gasteiger partial charge in [-0.25, -0.2) is 4.98 Å². The number of hydrogen-bond donors (Lipinski definition) is 2. The van der Waals surface area contributed by atoms with E-state index in [-0.39, 0.29) is 16.5 Å². The molecule has 0 saturated heterocycles. The van der Waals surface area contributed by atoms with Crippen molar-refractivity contribution < 1.29 is 13.2 Å². The van der Waals surface area contributed by atoms with Gasteiger partial charge in [-0.05, 0) is 12.5 Å². The number of nitrogen functional groups attached to an aromatic ring is 1. The Morgan fingerprint density at radius 2 is 2.15 bits per heavy atom. The van der Waals surface area contributed by atoms with Gasteiger partial charge in [-0.15, -0.1) is 0 Å². The van der Waals surface area contributed by atoms with Crippen LogP contribution >= 0.6 is 11.6 Å². The number of pyridine rings is 1. The predicted molar refractivity (Wildman–Crippen MR) is 68.0 cm³/mol. The fourth-order valence-corrected chi connectivity index (χ4v) is 1.92. The number of hydrogen-bond acceptors (Lipinski definition) is 3. The summed E-state index contributed by atoms with van der Waals surface area (Å²) in [4.78, 5) is 15.5. The van der Waals surface area contributed by atoms with Crippen LogP contribution in [0, 0.1) is 0 Å². The quantitative estimate of drug-likeness (QED) is 0.894. The standard InChI is InChI=1S/C11H10ClF3N4O/c1-2-7-8(16)10(20)19(18-7)9-6(12)3-5(4-17-9)11(13,14)15/h3-4,18H,2,16H2,1H3.